The molecule has 1 N–H and O–H groups in total. The van der Waals surface area contributed by atoms with Crippen LogP contribution in [0.5, 0.6) is 17.4 Å². The summed E-state index contributed by atoms with van der Waals surface area (Å²) in [6.07, 6.45) is 6.17. The predicted molar refractivity (Wildman–Crippen MR) is 120 cm³/mol. The summed E-state index contributed by atoms with van der Waals surface area (Å²) in [5.41, 5.74) is 0.593. The Balaban J connectivity index is 1.35. The molecule has 0 aliphatic carbocycles. The molecule has 34 heavy (non-hydrogen) atoms. The fourth-order valence-electron chi connectivity index (χ4n) is 3.58. The van der Waals surface area contributed by atoms with Crippen LogP contribution < -0.4 is 14.8 Å². The first-order valence-electron chi connectivity index (χ1n) is 11.0. The number of amides is 2. The number of ether oxygens (including phenoxy) is 3. The number of anilines is 1. The molecule has 0 unspecified atom stereocenters. The maximum atomic E-state index is 12.9. The average molecular weight is 464 g/mol. The van der Waals surface area contributed by atoms with E-state index < -0.39 is 0 Å². The van der Waals surface area contributed by atoms with Crippen LogP contribution >= 0.6 is 0 Å². The van der Waals surface area contributed by atoms with Gasteiger partial charge in [-0.1, -0.05) is 0 Å². The lowest BCUT2D eigenvalue weighted by molar-refractivity contribution is 0.0645. The third-order valence-corrected chi connectivity index (χ3v) is 5.50. The van der Waals surface area contributed by atoms with Gasteiger partial charge in [0.25, 0.3) is 11.8 Å². The van der Waals surface area contributed by atoms with Crippen molar-refractivity contribution in [3.8, 4) is 17.4 Å². The molecule has 5 rings (SSSR count). The molecule has 4 heterocycles. The molecule has 2 amide bonds. The molecule has 0 radical (unpaired) electrons. The number of hydrogen-bond donors (Lipinski definition) is 1. The van der Waals surface area contributed by atoms with Crippen LogP contribution in [0.25, 0.3) is 0 Å². The Morgan fingerprint density at radius 2 is 2.00 bits per heavy atom. The molecule has 0 spiro atoms. The summed E-state index contributed by atoms with van der Waals surface area (Å²) in [5, 5.41) is 6.93. The number of nitrogens with one attached hydrogen (secondary N) is 1. The first-order chi connectivity index (χ1) is 16.5. The smallest absolute Gasteiger partial charge is 0.274 e. The number of hydrogen-bond acceptors (Lipinski definition) is 8. The quantitative estimate of drug-likeness (QED) is 0.565. The standard InChI is InChI=1S/C23H24N6O5/c1-28-7-3-20(27-28)26-22(30)15-9-17(33-16-4-8-32-14-16)11-18(10-15)34-21-13-24-19(12-25-21)23(31)29-5-2-6-29/h3,7,9-13,16H,2,4-6,8,14H2,1H3,(H,26,27,30)/t16-/m0/s1. The average Bonchev–Trinajstić information content (AvgIpc) is 3.44. The number of carbonyl (C=O) groups excluding carboxylic acids is 2. The van der Waals surface area contributed by atoms with Gasteiger partial charge in [0, 0.05) is 50.5 Å². The van der Waals surface area contributed by atoms with Crippen LogP contribution in [0.4, 0.5) is 5.82 Å². The minimum Gasteiger partial charge on any atom is -0.488 e. The molecule has 176 valence electrons. The summed E-state index contributed by atoms with van der Waals surface area (Å²) >= 11 is 0. The SMILES string of the molecule is Cn1ccc(NC(=O)c2cc(Oc3cnc(C(=O)N4CCC4)cn3)cc(O[C@H]3CCOC3)c2)n1. The normalized spacial score (nSPS) is 17.2. The van der Waals surface area contributed by atoms with E-state index in [-0.39, 0.29) is 29.5 Å². The molecule has 2 fully saturated rings. The fraction of sp³-hybridized carbons (Fsp3) is 0.348. The van der Waals surface area contributed by atoms with Crippen molar-refractivity contribution < 1.29 is 23.8 Å². The molecular weight excluding hydrogens is 440 g/mol. The first kappa shape index (κ1) is 21.8. The van der Waals surface area contributed by atoms with Crippen LogP contribution in [-0.4, -0.2) is 68.9 Å². The summed E-state index contributed by atoms with van der Waals surface area (Å²) in [6, 6.07) is 6.60. The summed E-state index contributed by atoms with van der Waals surface area (Å²) in [7, 11) is 1.77. The van der Waals surface area contributed by atoms with Crippen molar-refractivity contribution in [2.45, 2.75) is 18.9 Å². The monoisotopic (exact) mass is 464 g/mol. The van der Waals surface area contributed by atoms with Gasteiger partial charge in [-0.25, -0.2) is 9.97 Å². The number of likely N-dealkylation sites (tertiary alicyclic amines) is 1. The molecule has 0 saturated carbocycles. The number of aromatic nitrogens is 4. The number of nitrogens with zero attached hydrogens (tertiary/aromatic N) is 5. The van der Waals surface area contributed by atoms with Gasteiger partial charge in [0.2, 0.25) is 5.88 Å². The highest BCUT2D eigenvalue weighted by Gasteiger charge is 2.23. The van der Waals surface area contributed by atoms with Crippen LogP contribution in [0.2, 0.25) is 0 Å². The summed E-state index contributed by atoms with van der Waals surface area (Å²) < 4.78 is 18.8. The van der Waals surface area contributed by atoms with E-state index in [4.69, 9.17) is 14.2 Å². The maximum Gasteiger partial charge on any atom is 0.274 e. The van der Waals surface area contributed by atoms with Gasteiger partial charge in [-0.05, 0) is 18.6 Å². The predicted octanol–water partition coefficient (Wildman–Crippen LogP) is 2.27. The van der Waals surface area contributed by atoms with Crippen LogP contribution in [0.15, 0.2) is 42.9 Å². The van der Waals surface area contributed by atoms with E-state index in [1.807, 2.05) is 0 Å². The summed E-state index contributed by atoms with van der Waals surface area (Å²) in [4.78, 5) is 35.3. The number of benzene rings is 1. The topological polar surface area (TPSA) is 121 Å². The maximum absolute atomic E-state index is 12.9. The Kier molecular flexibility index (Phi) is 6.09. The van der Waals surface area contributed by atoms with E-state index in [0.29, 0.717) is 36.1 Å². The van der Waals surface area contributed by atoms with Gasteiger partial charge in [0.1, 0.15) is 23.3 Å². The van der Waals surface area contributed by atoms with E-state index in [1.165, 1.54) is 12.4 Å². The third-order valence-electron chi connectivity index (χ3n) is 5.50. The largest absolute Gasteiger partial charge is 0.488 e. The molecule has 0 bridgehead atoms. The van der Waals surface area contributed by atoms with Crippen LogP contribution in [-0.2, 0) is 11.8 Å². The lowest BCUT2D eigenvalue weighted by atomic mass is 10.2. The van der Waals surface area contributed by atoms with Gasteiger partial charge in [-0.15, -0.1) is 0 Å². The molecule has 1 aromatic carbocycles. The Morgan fingerprint density at radius 3 is 2.65 bits per heavy atom. The van der Waals surface area contributed by atoms with Crippen molar-refractivity contribution >= 4 is 17.6 Å². The van der Waals surface area contributed by atoms with E-state index in [0.717, 1.165) is 25.9 Å². The van der Waals surface area contributed by atoms with E-state index >= 15 is 0 Å². The second-order valence-electron chi connectivity index (χ2n) is 8.11. The second-order valence-corrected chi connectivity index (χ2v) is 8.11. The molecule has 2 saturated heterocycles. The zero-order valence-electron chi connectivity index (χ0n) is 18.6. The molecule has 11 nitrogen and oxygen atoms in total. The first-order valence-corrected chi connectivity index (χ1v) is 11.0. The molecule has 2 aliphatic heterocycles. The third kappa shape index (κ3) is 4.99. The van der Waals surface area contributed by atoms with Crippen molar-refractivity contribution in [3.63, 3.8) is 0 Å². The molecule has 3 aromatic rings. The molecule has 11 heteroatoms. The molecular formula is C23H24N6O5. The van der Waals surface area contributed by atoms with E-state index in [9.17, 15) is 9.59 Å². The number of aryl methyl sites for hydroxylation is 1. The molecule has 2 aromatic heterocycles. The fourth-order valence-corrected chi connectivity index (χ4v) is 3.58. The molecule has 2 aliphatic rings. The van der Waals surface area contributed by atoms with Crippen molar-refractivity contribution in [3.05, 3.63) is 54.1 Å². The lowest BCUT2D eigenvalue weighted by Crippen LogP contribution is -2.42. The van der Waals surface area contributed by atoms with Crippen molar-refractivity contribution in [2.24, 2.45) is 7.05 Å². The van der Waals surface area contributed by atoms with Crippen LogP contribution in [0.3, 0.4) is 0 Å². The van der Waals surface area contributed by atoms with Crippen LogP contribution in [0, 0.1) is 0 Å². The van der Waals surface area contributed by atoms with Gasteiger partial charge in [-0.2, -0.15) is 5.10 Å². The Morgan fingerprint density at radius 1 is 1.15 bits per heavy atom. The van der Waals surface area contributed by atoms with Gasteiger partial charge >= 0.3 is 0 Å². The Labute approximate surface area is 195 Å². The van der Waals surface area contributed by atoms with Gasteiger partial charge in [0.05, 0.1) is 25.6 Å². The zero-order valence-corrected chi connectivity index (χ0v) is 18.6. The Bertz CT molecular complexity index is 1180. The number of carbonyl (C=O) groups is 2. The van der Waals surface area contributed by atoms with Crippen LogP contribution in [0.1, 0.15) is 33.7 Å². The Hall–Kier alpha value is -3.99. The van der Waals surface area contributed by atoms with Crippen molar-refractivity contribution in [1.29, 1.82) is 0 Å². The summed E-state index contributed by atoms with van der Waals surface area (Å²) in [6.45, 7) is 2.59. The summed E-state index contributed by atoms with van der Waals surface area (Å²) in [5.74, 6) is 0.929. The van der Waals surface area contributed by atoms with Gasteiger partial charge in [0.15, 0.2) is 5.82 Å². The number of rotatable bonds is 7. The zero-order chi connectivity index (χ0) is 23.5. The van der Waals surface area contributed by atoms with Crippen molar-refractivity contribution in [1.82, 2.24) is 24.6 Å². The highest BCUT2D eigenvalue weighted by molar-refractivity contribution is 6.04. The van der Waals surface area contributed by atoms with Gasteiger partial charge in [-0.3, -0.25) is 14.3 Å². The van der Waals surface area contributed by atoms with E-state index in [1.54, 1.807) is 47.1 Å². The van der Waals surface area contributed by atoms with Gasteiger partial charge < -0.3 is 24.4 Å². The van der Waals surface area contributed by atoms with Crippen molar-refractivity contribution in [2.75, 3.05) is 31.6 Å². The minimum atomic E-state index is -0.363. The highest BCUT2D eigenvalue weighted by Crippen LogP contribution is 2.28. The lowest BCUT2D eigenvalue weighted by Gasteiger charge is -2.30. The van der Waals surface area contributed by atoms with E-state index in [2.05, 4.69) is 20.4 Å². The molecule has 1 atom stereocenters. The highest BCUT2D eigenvalue weighted by atomic mass is 16.5. The minimum absolute atomic E-state index is 0.103. The second kappa shape index (κ2) is 9.48.